The van der Waals surface area contributed by atoms with Gasteiger partial charge in [-0.3, -0.25) is 0 Å². The van der Waals surface area contributed by atoms with E-state index in [0.717, 1.165) is 9.52 Å². The number of fused-ring (bicyclic) bond motifs is 2. The molecule has 8 rings (SSSR count). The number of hydrogen-bond acceptors (Lipinski definition) is 0. The Bertz CT molecular complexity index is 2110. The van der Waals surface area contributed by atoms with E-state index in [1.807, 2.05) is 36.4 Å². The maximum absolute atomic E-state index is 2.22. The van der Waals surface area contributed by atoms with Gasteiger partial charge in [0, 0.05) is 9.52 Å². The summed E-state index contributed by atoms with van der Waals surface area (Å²) in [5.41, 5.74) is 10.5. The van der Waals surface area contributed by atoms with Gasteiger partial charge in [0.1, 0.15) is 0 Å². The Labute approximate surface area is 332 Å². The minimum absolute atomic E-state index is 0. The third-order valence-electron chi connectivity index (χ3n) is 8.52. The largest absolute Gasteiger partial charge is 2.00 e. The molecular formula is C50H46SiZr. The van der Waals surface area contributed by atoms with Crippen LogP contribution in [0.15, 0.2) is 194 Å². The molecule has 2 heteroatoms. The first-order chi connectivity index (χ1) is 25.1. The summed E-state index contributed by atoms with van der Waals surface area (Å²) < 4.78 is 0. The molecule has 0 saturated heterocycles. The van der Waals surface area contributed by atoms with E-state index in [9.17, 15) is 0 Å². The van der Waals surface area contributed by atoms with Crippen LogP contribution in [-0.2, 0) is 26.2 Å². The first-order valence-corrected chi connectivity index (χ1v) is 19.5. The number of aryl methyl sites for hydroxylation is 2. The summed E-state index contributed by atoms with van der Waals surface area (Å²) in [4.78, 5) is 0. The van der Waals surface area contributed by atoms with E-state index in [1.165, 1.54) is 66.1 Å². The summed E-state index contributed by atoms with van der Waals surface area (Å²) in [5.74, 6) is 0. The summed E-state index contributed by atoms with van der Waals surface area (Å²) in [5, 5.41) is 5.33. The van der Waals surface area contributed by atoms with Crippen LogP contribution in [0.5, 0.6) is 0 Å². The van der Waals surface area contributed by atoms with E-state index in [-0.39, 0.29) is 26.2 Å². The summed E-state index contributed by atoms with van der Waals surface area (Å²) in [7, 11) is 1.08. The van der Waals surface area contributed by atoms with Crippen LogP contribution >= 0.6 is 0 Å². The van der Waals surface area contributed by atoms with Gasteiger partial charge >= 0.3 is 26.2 Å². The van der Waals surface area contributed by atoms with E-state index >= 15 is 0 Å². The van der Waals surface area contributed by atoms with Crippen molar-refractivity contribution in [2.24, 2.45) is 0 Å². The van der Waals surface area contributed by atoms with Gasteiger partial charge in [0.25, 0.3) is 0 Å². The Morgan fingerprint density at radius 1 is 0.404 bits per heavy atom. The van der Waals surface area contributed by atoms with Crippen molar-refractivity contribution in [3.63, 3.8) is 0 Å². The van der Waals surface area contributed by atoms with Crippen molar-refractivity contribution in [1.82, 2.24) is 0 Å². The first kappa shape index (κ1) is 39.9. The normalized spacial score (nSPS) is 10.5. The molecule has 254 valence electrons. The number of benzene rings is 6. The van der Waals surface area contributed by atoms with E-state index in [1.54, 1.807) is 0 Å². The molecule has 0 spiro atoms. The average molecular weight is 766 g/mol. The molecule has 0 atom stereocenters. The summed E-state index contributed by atoms with van der Waals surface area (Å²) in [6, 6.07) is 63.6. The molecular weight excluding hydrogens is 720 g/mol. The van der Waals surface area contributed by atoms with Gasteiger partial charge in [-0.2, -0.15) is 0 Å². The molecule has 0 aliphatic carbocycles. The minimum Gasteiger partial charge on any atom is -0.129 e. The van der Waals surface area contributed by atoms with Crippen molar-refractivity contribution in [1.29, 1.82) is 0 Å². The quantitative estimate of drug-likeness (QED) is 0.0930. The number of rotatable bonds is 5. The van der Waals surface area contributed by atoms with Gasteiger partial charge < -0.3 is 0 Å². The third-order valence-corrected chi connectivity index (χ3v) is 8.52. The van der Waals surface area contributed by atoms with Crippen LogP contribution in [0, 0.1) is 13.8 Å². The summed E-state index contributed by atoms with van der Waals surface area (Å²) in [6.07, 6.45) is 8.31. The van der Waals surface area contributed by atoms with Crippen molar-refractivity contribution in [2.75, 3.05) is 0 Å². The fourth-order valence-electron chi connectivity index (χ4n) is 5.98. The molecule has 0 saturated carbocycles. The average Bonchev–Trinajstić information content (AvgIpc) is 3.81. The first-order valence-electron chi connectivity index (χ1n) is 17.5. The Balaban J connectivity index is 0.000000166. The molecule has 0 heterocycles. The second kappa shape index (κ2) is 21.5. The molecule has 0 amide bonds. The van der Waals surface area contributed by atoms with Crippen LogP contribution in [0.3, 0.4) is 0 Å². The third kappa shape index (κ3) is 11.3. The van der Waals surface area contributed by atoms with E-state index in [0.29, 0.717) is 0 Å². The Kier molecular flexibility index (Phi) is 16.5. The van der Waals surface area contributed by atoms with Gasteiger partial charge in [0.05, 0.1) is 0 Å². The fraction of sp³-hybridized carbons (Fsp3) is 0.0800. The molecule has 0 aliphatic heterocycles. The maximum atomic E-state index is 2.22. The van der Waals surface area contributed by atoms with E-state index < -0.39 is 0 Å². The van der Waals surface area contributed by atoms with Gasteiger partial charge in [0.2, 0.25) is 0 Å². The topological polar surface area (TPSA) is 0 Å². The van der Waals surface area contributed by atoms with Crippen LogP contribution < -0.4 is 0 Å². The molecule has 0 bridgehead atoms. The number of allylic oxidation sites excluding steroid dienone is 2. The Morgan fingerprint density at radius 3 is 1.12 bits per heavy atom. The monoisotopic (exact) mass is 764 g/mol. The van der Waals surface area contributed by atoms with Gasteiger partial charge in [-0.15, -0.1) is 48.5 Å². The molecule has 0 unspecified atom stereocenters. The van der Waals surface area contributed by atoms with Gasteiger partial charge in [-0.1, -0.05) is 240 Å². The molecule has 2 radical (unpaired) electrons. The SMILES string of the molecule is C(C=Cc1ccccc1)=Cc1ccccc1.C[Si]C.Cc1ccccc1-[c-]1ccc2ccccc21.Cc1ccccc1-[c-]1ccc2ccccc21.[Zr+2]. The number of hydrogen-bond donors (Lipinski definition) is 0. The van der Waals surface area contributed by atoms with Crippen LogP contribution in [-0.4, -0.2) is 9.52 Å². The maximum Gasteiger partial charge on any atom is 2.00 e. The molecule has 0 aromatic heterocycles. The Hall–Kier alpha value is -4.88. The zero-order chi connectivity index (χ0) is 35.7. The second-order valence-corrected chi connectivity index (χ2v) is 13.3. The van der Waals surface area contributed by atoms with Crippen molar-refractivity contribution in [2.45, 2.75) is 26.9 Å². The zero-order valence-electron chi connectivity index (χ0n) is 30.6. The molecule has 8 aromatic carbocycles. The van der Waals surface area contributed by atoms with Crippen LogP contribution in [0.4, 0.5) is 0 Å². The van der Waals surface area contributed by atoms with Crippen molar-refractivity contribution < 1.29 is 26.2 Å². The van der Waals surface area contributed by atoms with Crippen molar-refractivity contribution in [3.05, 3.63) is 216 Å². The summed E-state index contributed by atoms with van der Waals surface area (Å²) in [6.45, 7) is 8.63. The summed E-state index contributed by atoms with van der Waals surface area (Å²) >= 11 is 0. The predicted octanol–water partition coefficient (Wildman–Crippen LogP) is 14.3. The van der Waals surface area contributed by atoms with Crippen LogP contribution in [0.1, 0.15) is 22.3 Å². The molecule has 0 fully saturated rings. The van der Waals surface area contributed by atoms with Gasteiger partial charge in [0.15, 0.2) is 0 Å². The second-order valence-electron chi connectivity index (χ2n) is 12.3. The molecule has 0 aliphatic rings. The Morgan fingerprint density at radius 2 is 0.731 bits per heavy atom. The van der Waals surface area contributed by atoms with Crippen molar-refractivity contribution >= 4 is 43.2 Å². The minimum atomic E-state index is 0. The molecule has 52 heavy (non-hydrogen) atoms. The fourth-order valence-corrected chi connectivity index (χ4v) is 5.98. The van der Waals surface area contributed by atoms with Crippen LogP contribution in [0.2, 0.25) is 13.1 Å². The standard InChI is InChI=1S/2C16H13.C16H14.C2H6Si.Zr/c2*1-12-6-2-4-8-14(12)16-11-10-13-7-3-5-9-15(13)16;1-3-9-15(10-4-1)13-7-8-14-16-11-5-2-6-12-16;1-3-2;/h2*2-11H,1H3;1-14H;1-2H3;/q2*-1;;;+2. The van der Waals surface area contributed by atoms with Crippen LogP contribution in [0.25, 0.3) is 56.0 Å². The van der Waals surface area contributed by atoms with Gasteiger partial charge in [-0.25, -0.2) is 0 Å². The molecule has 8 aromatic rings. The molecule has 0 N–H and O–H groups in total. The molecule has 0 nitrogen and oxygen atoms in total. The smallest absolute Gasteiger partial charge is 0.129 e. The van der Waals surface area contributed by atoms with E-state index in [2.05, 4.69) is 197 Å². The van der Waals surface area contributed by atoms with E-state index in [4.69, 9.17) is 0 Å². The van der Waals surface area contributed by atoms with Crippen molar-refractivity contribution in [3.8, 4) is 22.3 Å². The van der Waals surface area contributed by atoms with Gasteiger partial charge in [-0.05, 0) is 11.1 Å². The zero-order valence-corrected chi connectivity index (χ0v) is 34.1. The predicted molar refractivity (Wildman–Crippen MR) is 228 cm³/mol.